The first kappa shape index (κ1) is 15.8. The molecule has 3 aromatic rings. The fraction of sp³-hybridized carbons (Fsp3) is 0.0952. The molecule has 0 heterocycles. The lowest BCUT2D eigenvalue weighted by atomic mass is 10.0. The van der Waals surface area contributed by atoms with Gasteiger partial charge >= 0.3 is 0 Å². The molecule has 0 unspecified atom stereocenters. The van der Waals surface area contributed by atoms with Crippen molar-refractivity contribution >= 4 is 28.3 Å². The van der Waals surface area contributed by atoms with Crippen molar-refractivity contribution in [2.75, 3.05) is 19.0 Å². The number of ketones is 1. The lowest BCUT2D eigenvalue weighted by Crippen LogP contribution is -2.07. The molecule has 0 saturated carbocycles. The largest absolute Gasteiger partial charge is 0.508 e. The van der Waals surface area contributed by atoms with E-state index in [4.69, 9.17) is 0 Å². The van der Waals surface area contributed by atoms with Crippen LogP contribution in [0.3, 0.4) is 0 Å². The van der Waals surface area contributed by atoms with Crippen molar-refractivity contribution in [3.63, 3.8) is 0 Å². The average molecular weight is 317 g/mol. The Labute approximate surface area is 141 Å². The number of phenols is 1. The van der Waals surface area contributed by atoms with Crippen LogP contribution in [-0.4, -0.2) is 25.0 Å². The van der Waals surface area contributed by atoms with Crippen LogP contribution in [0.25, 0.3) is 16.8 Å². The third kappa shape index (κ3) is 3.46. The van der Waals surface area contributed by atoms with Gasteiger partial charge in [-0.3, -0.25) is 4.79 Å². The molecule has 0 saturated heterocycles. The van der Waals surface area contributed by atoms with Gasteiger partial charge in [-0.25, -0.2) is 0 Å². The summed E-state index contributed by atoms with van der Waals surface area (Å²) in [6.45, 7) is 0. The van der Waals surface area contributed by atoms with E-state index in [0.29, 0.717) is 5.56 Å². The number of benzene rings is 3. The van der Waals surface area contributed by atoms with E-state index in [-0.39, 0.29) is 11.5 Å². The first-order valence-corrected chi connectivity index (χ1v) is 7.75. The maximum absolute atomic E-state index is 12.1. The van der Waals surface area contributed by atoms with Crippen molar-refractivity contribution < 1.29 is 9.90 Å². The maximum atomic E-state index is 12.1. The Bertz CT molecular complexity index is 909. The van der Waals surface area contributed by atoms with Gasteiger partial charge in [0.05, 0.1) is 0 Å². The predicted octanol–water partition coefficient (Wildman–Crippen LogP) is 4.51. The summed E-state index contributed by atoms with van der Waals surface area (Å²) in [6.07, 6.45) is 3.37. The van der Waals surface area contributed by atoms with E-state index in [1.165, 1.54) is 17.5 Å². The van der Waals surface area contributed by atoms with Crippen LogP contribution in [0.15, 0.2) is 66.7 Å². The van der Waals surface area contributed by atoms with Gasteiger partial charge in [0.15, 0.2) is 5.78 Å². The van der Waals surface area contributed by atoms with Gasteiger partial charge in [-0.2, -0.15) is 0 Å². The molecule has 3 heteroatoms. The summed E-state index contributed by atoms with van der Waals surface area (Å²) < 4.78 is 0. The Morgan fingerprint density at radius 2 is 1.58 bits per heavy atom. The monoisotopic (exact) mass is 317 g/mol. The number of rotatable bonds is 4. The summed E-state index contributed by atoms with van der Waals surface area (Å²) in [6, 6.07) is 18.7. The second kappa shape index (κ2) is 6.59. The van der Waals surface area contributed by atoms with Gasteiger partial charge in [0.2, 0.25) is 0 Å². The molecule has 1 N–H and O–H groups in total. The number of carbonyl (C=O) groups excluding carboxylic acids is 1. The van der Waals surface area contributed by atoms with Gasteiger partial charge in [0, 0.05) is 25.3 Å². The smallest absolute Gasteiger partial charge is 0.185 e. The molecule has 0 aliphatic carbocycles. The van der Waals surface area contributed by atoms with Gasteiger partial charge in [-0.1, -0.05) is 24.3 Å². The zero-order valence-electron chi connectivity index (χ0n) is 13.7. The van der Waals surface area contributed by atoms with Crippen molar-refractivity contribution in [1.29, 1.82) is 0 Å². The van der Waals surface area contributed by atoms with Crippen LogP contribution >= 0.6 is 0 Å². The van der Waals surface area contributed by atoms with Crippen LogP contribution in [0.2, 0.25) is 0 Å². The highest BCUT2D eigenvalue weighted by molar-refractivity contribution is 6.07. The maximum Gasteiger partial charge on any atom is 0.185 e. The number of hydrogen-bond acceptors (Lipinski definition) is 3. The van der Waals surface area contributed by atoms with E-state index in [9.17, 15) is 9.90 Å². The van der Waals surface area contributed by atoms with Gasteiger partial charge in [-0.15, -0.1) is 0 Å². The SMILES string of the molecule is CN(C)c1ccc2cc(C=CC(=O)c3ccc(O)cc3)ccc2c1. The van der Waals surface area contributed by atoms with Crippen LogP contribution in [0.1, 0.15) is 15.9 Å². The van der Waals surface area contributed by atoms with Crippen LogP contribution in [0, 0.1) is 0 Å². The molecule has 0 atom stereocenters. The Kier molecular flexibility index (Phi) is 4.34. The van der Waals surface area contributed by atoms with E-state index in [1.54, 1.807) is 18.2 Å². The van der Waals surface area contributed by atoms with Gasteiger partial charge < -0.3 is 10.0 Å². The van der Waals surface area contributed by atoms with Crippen LogP contribution in [-0.2, 0) is 0 Å². The third-order valence-electron chi connectivity index (χ3n) is 3.94. The normalized spacial score (nSPS) is 11.1. The molecule has 0 aliphatic rings. The minimum atomic E-state index is -0.0851. The van der Waals surface area contributed by atoms with Gasteiger partial charge in [0.25, 0.3) is 0 Å². The Balaban J connectivity index is 1.83. The van der Waals surface area contributed by atoms with E-state index in [1.807, 2.05) is 26.2 Å². The van der Waals surface area contributed by atoms with E-state index in [0.717, 1.165) is 16.6 Å². The number of fused-ring (bicyclic) bond motifs is 1. The summed E-state index contributed by atoms with van der Waals surface area (Å²) in [4.78, 5) is 14.2. The Morgan fingerprint density at radius 3 is 2.29 bits per heavy atom. The fourth-order valence-corrected chi connectivity index (χ4v) is 2.53. The molecule has 120 valence electrons. The molecule has 3 aromatic carbocycles. The average Bonchev–Trinajstić information content (AvgIpc) is 2.59. The second-order valence-corrected chi connectivity index (χ2v) is 5.93. The number of phenolic OH excluding ortho intramolecular Hbond substituents is 1. The van der Waals surface area contributed by atoms with Crippen LogP contribution in [0.4, 0.5) is 5.69 Å². The first-order valence-electron chi connectivity index (χ1n) is 7.75. The minimum absolute atomic E-state index is 0.0851. The van der Waals surface area contributed by atoms with E-state index in [2.05, 4.69) is 35.2 Å². The highest BCUT2D eigenvalue weighted by atomic mass is 16.3. The molecule has 3 nitrogen and oxygen atoms in total. The lowest BCUT2D eigenvalue weighted by Gasteiger charge is -2.13. The molecule has 0 amide bonds. The molecular formula is C21H19NO2. The molecule has 0 bridgehead atoms. The Morgan fingerprint density at radius 1 is 0.917 bits per heavy atom. The highest BCUT2D eigenvalue weighted by Gasteiger charge is 2.02. The molecule has 0 spiro atoms. The first-order chi connectivity index (χ1) is 11.5. The summed E-state index contributed by atoms with van der Waals surface area (Å²) in [7, 11) is 4.04. The third-order valence-corrected chi connectivity index (χ3v) is 3.94. The number of carbonyl (C=O) groups is 1. The Hall–Kier alpha value is -3.07. The number of nitrogens with zero attached hydrogens (tertiary/aromatic N) is 1. The van der Waals surface area contributed by atoms with Crippen LogP contribution < -0.4 is 4.90 Å². The van der Waals surface area contributed by atoms with E-state index >= 15 is 0 Å². The topological polar surface area (TPSA) is 40.5 Å². The number of allylic oxidation sites excluding steroid dienone is 1. The minimum Gasteiger partial charge on any atom is -0.508 e. The molecule has 0 aliphatic heterocycles. The van der Waals surface area contributed by atoms with Gasteiger partial charge in [0.1, 0.15) is 5.75 Å². The highest BCUT2D eigenvalue weighted by Crippen LogP contribution is 2.22. The molecule has 3 rings (SSSR count). The van der Waals surface area contributed by atoms with Gasteiger partial charge in [-0.05, 0) is 64.9 Å². The number of anilines is 1. The zero-order valence-corrected chi connectivity index (χ0v) is 13.7. The van der Waals surface area contributed by atoms with Crippen molar-refractivity contribution in [2.24, 2.45) is 0 Å². The lowest BCUT2D eigenvalue weighted by molar-refractivity contribution is 0.104. The standard InChI is InChI=1S/C21H19NO2/c1-22(2)19-9-6-17-13-15(3-5-18(17)14-19)4-12-21(24)16-7-10-20(23)11-8-16/h3-14,23H,1-2H3. The van der Waals surface area contributed by atoms with Crippen molar-refractivity contribution in [3.8, 4) is 5.75 Å². The van der Waals surface area contributed by atoms with Crippen molar-refractivity contribution in [1.82, 2.24) is 0 Å². The zero-order chi connectivity index (χ0) is 17.1. The molecule has 0 aromatic heterocycles. The van der Waals surface area contributed by atoms with Crippen LogP contribution in [0.5, 0.6) is 5.75 Å². The van der Waals surface area contributed by atoms with Crippen molar-refractivity contribution in [3.05, 3.63) is 77.9 Å². The summed E-state index contributed by atoms with van der Waals surface area (Å²) in [5, 5.41) is 11.6. The quantitative estimate of drug-likeness (QED) is 0.568. The predicted molar refractivity (Wildman–Crippen MR) is 99.7 cm³/mol. The molecule has 24 heavy (non-hydrogen) atoms. The molecule has 0 radical (unpaired) electrons. The second-order valence-electron chi connectivity index (χ2n) is 5.93. The van der Waals surface area contributed by atoms with E-state index < -0.39 is 0 Å². The summed E-state index contributed by atoms with van der Waals surface area (Å²) in [5.74, 6) is 0.0696. The molecule has 0 fully saturated rings. The number of aromatic hydroxyl groups is 1. The molecular weight excluding hydrogens is 298 g/mol. The fourth-order valence-electron chi connectivity index (χ4n) is 2.53. The van der Waals surface area contributed by atoms with Crippen molar-refractivity contribution in [2.45, 2.75) is 0 Å². The number of hydrogen-bond donors (Lipinski definition) is 1. The summed E-state index contributed by atoms with van der Waals surface area (Å²) in [5.41, 5.74) is 2.70. The summed E-state index contributed by atoms with van der Waals surface area (Å²) >= 11 is 0.